The first-order valence-electron chi connectivity index (χ1n) is 10.1. The second-order valence-corrected chi connectivity index (χ2v) is 7.40. The summed E-state index contributed by atoms with van der Waals surface area (Å²) in [4.78, 5) is 14.1. The molecule has 1 fully saturated rings. The Labute approximate surface area is 179 Å². The number of likely N-dealkylation sites (tertiary alicyclic amines) is 1. The van der Waals surface area contributed by atoms with Crippen LogP contribution in [0.2, 0.25) is 0 Å². The standard InChI is InChI=1S/C23H29NO4.ClH/c1-2-27-22(26)23(19-9-5-3-6-10-19)13-15-24(16-14-23)17-20(25)18-28-21-11-7-4-8-12-21;/h3-12,20,25H,2,13-18H2,1H3;1H. The Kier molecular flexibility index (Phi) is 8.96. The van der Waals surface area contributed by atoms with Crippen molar-refractivity contribution < 1.29 is 36.7 Å². The lowest BCUT2D eigenvalue weighted by Gasteiger charge is -2.38. The van der Waals surface area contributed by atoms with Crippen molar-refractivity contribution in [2.75, 3.05) is 32.8 Å². The summed E-state index contributed by atoms with van der Waals surface area (Å²) < 4.78 is 11.1. The molecule has 0 amide bonds. The van der Waals surface area contributed by atoms with Crippen LogP contribution in [0.3, 0.4) is 0 Å². The number of carbonyl (C=O) groups excluding carboxylic acids is 1. The van der Waals surface area contributed by atoms with Crippen molar-refractivity contribution >= 4 is 5.97 Å². The second-order valence-electron chi connectivity index (χ2n) is 7.40. The Morgan fingerprint density at radius 2 is 1.66 bits per heavy atom. The zero-order valence-corrected chi connectivity index (χ0v) is 17.6. The maximum atomic E-state index is 12.8. The minimum Gasteiger partial charge on any atom is -1.00 e. The number of para-hydroxylation sites is 1. The molecule has 158 valence electrons. The number of aliphatic hydroxyl groups is 1. The van der Waals surface area contributed by atoms with Crippen LogP contribution >= 0.6 is 0 Å². The first-order chi connectivity index (χ1) is 13.6. The Morgan fingerprint density at radius 1 is 1.07 bits per heavy atom. The Bertz CT molecular complexity index is 733. The van der Waals surface area contributed by atoms with Gasteiger partial charge in [0, 0.05) is 12.8 Å². The van der Waals surface area contributed by atoms with Crippen molar-refractivity contribution in [3.05, 3.63) is 66.2 Å². The lowest BCUT2D eigenvalue weighted by Crippen LogP contribution is -3.14. The monoisotopic (exact) mass is 419 g/mol. The number of piperidine rings is 1. The molecule has 0 radical (unpaired) electrons. The fourth-order valence-corrected chi connectivity index (χ4v) is 3.97. The van der Waals surface area contributed by atoms with E-state index in [2.05, 4.69) is 0 Å². The summed E-state index contributed by atoms with van der Waals surface area (Å²) in [6.07, 6.45) is 0.900. The summed E-state index contributed by atoms with van der Waals surface area (Å²) in [5, 5.41) is 10.4. The molecule has 1 atom stereocenters. The molecule has 1 heterocycles. The van der Waals surface area contributed by atoms with E-state index < -0.39 is 11.5 Å². The molecular formula is C23H30ClNO4. The molecule has 0 aliphatic carbocycles. The molecule has 1 unspecified atom stereocenters. The lowest BCUT2D eigenvalue weighted by atomic mass is 9.72. The maximum absolute atomic E-state index is 12.8. The summed E-state index contributed by atoms with van der Waals surface area (Å²) in [5.41, 5.74) is 0.451. The lowest BCUT2D eigenvalue weighted by molar-refractivity contribution is -0.909. The van der Waals surface area contributed by atoms with Gasteiger partial charge in [0.05, 0.1) is 19.7 Å². The first kappa shape index (κ1) is 23.2. The number of benzene rings is 2. The SMILES string of the molecule is CCOC(=O)C1(c2ccccc2)CC[NH+](CC(O)COc2ccccc2)CC1.[Cl-]. The average Bonchev–Trinajstić information content (AvgIpc) is 2.74. The maximum Gasteiger partial charge on any atom is 0.317 e. The highest BCUT2D eigenvalue weighted by atomic mass is 35.5. The number of hydrogen-bond acceptors (Lipinski definition) is 4. The molecule has 0 bridgehead atoms. The summed E-state index contributed by atoms with van der Waals surface area (Å²) in [7, 11) is 0. The number of nitrogens with one attached hydrogen (secondary N) is 1. The van der Waals surface area contributed by atoms with Gasteiger partial charge in [0.25, 0.3) is 0 Å². The minimum atomic E-state index is -0.577. The predicted octanol–water partition coefficient (Wildman–Crippen LogP) is -1.39. The van der Waals surface area contributed by atoms with Crippen LogP contribution in [0.5, 0.6) is 5.75 Å². The van der Waals surface area contributed by atoms with Gasteiger partial charge in [-0.1, -0.05) is 48.5 Å². The number of esters is 1. The zero-order chi connectivity index (χ0) is 19.8. The number of ether oxygens (including phenoxy) is 2. The number of rotatable bonds is 8. The molecule has 1 aliphatic heterocycles. The van der Waals surface area contributed by atoms with Gasteiger partial charge in [-0.2, -0.15) is 0 Å². The number of aliphatic hydroxyl groups excluding tert-OH is 1. The van der Waals surface area contributed by atoms with Gasteiger partial charge in [-0.15, -0.1) is 0 Å². The molecule has 5 nitrogen and oxygen atoms in total. The summed E-state index contributed by atoms with van der Waals surface area (Å²) in [5.74, 6) is 0.633. The molecule has 2 aromatic carbocycles. The van der Waals surface area contributed by atoms with Crippen LogP contribution in [0.25, 0.3) is 0 Å². The molecular weight excluding hydrogens is 390 g/mol. The van der Waals surface area contributed by atoms with Crippen molar-refractivity contribution in [2.45, 2.75) is 31.3 Å². The van der Waals surface area contributed by atoms with Crippen LogP contribution in [0, 0.1) is 0 Å². The van der Waals surface area contributed by atoms with Crippen LogP contribution in [-0.4, -0.2) is 50.0 Å². The van der Waals surface area contributed by atoms with E-state index in [-0.39, 0.29) is 25.0 Å². The first-order valence-corrected chi connectivity index (χ1v) is 10.1. The number of halogens is 1. The molecule has 2 N–H and O–H groups in total. The van der Waals surface area contributed by atoms with Gasteiger partial charge < -0.3 is 31.9 Å². The topological polar surface area (TPSA) is 60.2 Å². The molecule has 2 aromatic rings. The summed E-state index contributed by atoms with van der Waals surface area (Å²) >= 11 is 0. The van der Waals surface area contributed by atoms with E-state index in [0.717, 1.165) is 37.2 Å². The normalized spacial score (nSPS) is 22.2. The van der Waals surface area contributed by atoms with Gasteiger partial charge in [-0.3, -0.25) is 4.79 Å². The molecule has 0 saturated carbocycles. The van der Waals surface area contributed by atoms with Crippen molar-refractivity contribution in [3.8, 4) is 5.75 Å². The number of hydrogen-bond donors (Lipinski definition) is 2. The highest BCUT2D eigenvalue weighted by molar-refractivity contribution is 5.83. The van der Waals surface area contributed by atoms with Gasteiger partial charge >= 0.3 is 5.97 Å². The summed E-state index contributed by atoms with van der Waals surface area (Å²) in [6.45, 7) is 4.75. The molecule has 29 heavy (non-hydrogen) atoms. The van der Waals surface area contributed by atoms with Crippen LogP contribution in [0.15, 0.2) is 60.7 Å². The van der Waals surface area contributed by atoms with Gasteiger partial charge in [-0.05, 0) is 24.6 Å². The highest BCUT2D eigenvalue weighted by Gasteiger charge is 2.46. The predicted molar refractivity (Wildman–Crippen MR) is 107 cm³/mol. The van der Waals surface area contributed by atoms with Crippen LogP contribution in [-0.2, 0) is 14.9 Å². The third-order valence-electron chi connectivity index (χ3n) is 5.51. The molecule has 1 aliphatic rings. The van der Waals surface area contributed by atoms with Crippen molar-refractivity contribution in [3.63, 3.8) is 0 Å². The number of quaternary nitrogens is 1. The van der Waals surface area contributed by atoms with Gasteiger partial charge in [0.15, 0.2) is 0 Å². The van der Waals surface area contributed by atoms with E-state index in [1.165, 1.54) is 4.90 Å². The minimum absolute atomic E-state index is 0. The Morgan fingerprint density at radius 3 is 2.24 bits per heavy atom. The van der Waals surface area contributed by atoms with E-state index in [9.17, 15) is 9.90 Å². The average molecular weight is 420 g/mol. The third-order valence-corrected chi connectivity index (χ3v) is 5.51. The smallest absolute Gasteiger partial charge is 0.317 e. The van der Waals surface area contributed by atoms with Crippen molar-refractivity contribution in [1.29, 1.82) is 0 Å². The molecule has 3 rings (SSSR count). The van der Waals surface area contributed by atoms with Gasteiger partial charge in [-0.25, -0.2) is 0 Å². The van der Waals surface area contributed by atoms with Gasteiger partial charge in [0.1, 0.15) is 30.4 Å². The van der Waals surface area contributed by atoms with Crippen LogP contribution < -0.4 is 22.0 Å². The van der Waals surface area contributed by atoms with Crippen molar-refractivity contribution in [2.24, 2.45) is 0 Å². The summed E-state index contributed by atoms with van der Waals surface area (Å²) in [6, 6.07) is 19.5. The Balaban J connectivity index is 0.00000300. The molecule has 0 spiro atoms. The van der Waals surface area contributed by atoms with Crippen LogP contribution in [0.4, 0.5) is 0 Å². The fraction of sp³-hybridized carbons (Fsp3) is 0.435. The van der Waals surface area contributed by atoms with Crippen LogP contribution in [0.1, 0.15) is 25.3 Å². The fourth-order valence-electron chi connectivity index (χ4n) is 3.97. The number of carbonyl (C=O) groups is 1. The second kappa shape index (κ2) is 11.2. The van der Waals surface area contributed by atoms with E-state index in [4.69, 9.17) is 9.47 Å². The molecule has 1 saturated heterocycles. The van der Waals surface area contributed by atoms with Gasteiger partial charge in [0.2, 0.25) is 0 Å². The largest absolute Gasteiger partial charge is 1.00 e. The molecule has 6 heteroatoms. The highest BCUT2D eigenvalue weighted by Crippen LogP contribution is 2.34. The van der Waals surface area contributed by atoms with Crippen molar-refractivity contribution in [1.82, 2.24) is 0 Å². The van der Waals surface area contributed by atoms with E-state index >= 15 is 0 Å². The van der Waals surface area contributed by atoms with E-state index in [1.54, 1.807) is 0 Å². The van der Waals surface area contributed by atoms with E-state index in [0.29, 0.717) is 13.2 Å². The third kappa shape index (κ3) is 5.95. The molecule has 0 aromatic heterocycles. The Hall–Kier alpha value is -2.08. The quantitative estimate of drug-likeness (QED) is 0.517. The van der Waals surface area contributed by atoms with E-state index in [1.807, 2.05) is 67.6 Å². The zero-order valence-electron chi connectivity index (χ0n) is 16.9.